The minimum Gasteiger partial charge on any atom is -0.493 e. The molecule has 9 nitrogen and oxygen atoms in total. The number of aliphatic hydroxyl groups is 1. The second-order valence-corrected chi connectivity index (χ2v) is 9.41. The molecule has 0 bridgehead atoms. The third-order valence-electron chi connectivity index (χ3n) is 6.83. The third kappa shape index (κ3) is 5.26. The number of rotatable bonds is 12. The fourth-order valence-corrected chi connectivity index (χ4v) is 4.92. The Balaban J connectivity index is 1.61. The van der Waals surface area contributed by atoms with E-state index in [1.165, 1.54) is 0 Å². The summed E-state index contributed by atoms with van der Waals surface area (Å²) in [6, 6.07) is 5.75. The van der Waals surface area contributed by atoms with Crippen molar-refractivity contribution in [3.8, 4) is 11.5 Å². The molecule has 9 heteroatoms. The number of methoxy groups -OCH3 is 1. The van der Waals surface area contributed by atoms with Gasteiger partial charge in [0.15, 0.2) is 22.7 Å². The summed E-state index contributed by atoms with van der Waals surface area (Å²) in [6.07, 6.45) is 9.02. The number of unbranched alkanes of at least 4 members (excludes halogenated alkanes) is 1. The Labute approximate surface area is 210 Å². The van der Waals surface area contributed by atoms with Crippen molar-refractivity contribution in [2.45, 2.75) is 77.1 Å². The Morgan fingerprint density at radius 2 is 2.00 bits per heavy atom. The Bertz CT molecular complexity index is 1320. The van der Waals surface area contributed by atoms with Gasteiger partial charge in [0.2, 0.25) is 0 Å². The first-order valence-electron chi connectivity index (χ1n) is 12.8. The van der Waals surface area contributed by atoms with Crippen LogP contribution >= 0.6 is 0 Å². The number of hydrogen-bond donors (Lipinski definition) is 1. The van der Waals surface area contributed by atoms with E-state index >= 15 is 0 Å². The molecule has 3 aromatic rings. The van der Waals surface area contributed by atoms with Crippen LogP contribution in [-0.4, -0.2) is 43.6 Å². The molecule has 0 spiro atoms. The van der Waals surface area contributed by atoms with Crippen LogP contribution in [0, 0.1) is 0 Å². The zero-order valence-electron chi connectivity index (χ0n) is 21.2. The Morgan fingerprint density at radius 1 is 1.22 bits per heavy atom. The van der Waals surface area contributed by atoms with E-state index in [2.05, 4.69) is 18.5 Å². The number of ether oxygens (including phenoxy) is 2. The number of fused-ring (bicyclic) bond motifs is 1. The first-order chi connectivity index (χ1) is 17.5. The Hall–Kier alpha value is -3.33. The maximum atomic E-state index is 13.5. The van der Waals surface area contributed by atoms with E-state index in [4.69, 9.17) is 9.47 Å². The molecule has 1 aromatic carbocycles. The van der Waals surface area contributed by atoms with Gasteiger partial charge in [0.05, 0.1) is 20.0 Å². The second-order valence-electron chi connectivity index (χ2n) is 9.41. The first-order valence-corrected chi connectivity index (χ1v) is 12.8. The highest BCUT2D eigenvalue weighted by Gasteiger charge is 2.25. The topological polar surface area (TPSA) is 101 Å². The maximum absolute atomic E-state index is 13.5. The van der Waals surface area contributed by atoms with Gasteiger partial charge < -0.3 is 19.1 Å². The summed E-state index contributed by atoms with van der Waals surface area (Å²) in [5, 5.41) is 10.8. The third-order valence-corrected chi connectivity index (χ3v) is 6.83. The molecule has 0 amide bonds. The molecule has 2 aromatic heterocycles. The molecule has 1 saturated carbocycles. The summed E-state index contributed by atoms with van der Waals surface area (Å²) in [4.78, 5) is 31.4. The predicted molar refractivity (Wildman–Crippen MR) is 139 cm³/mol. The van der Waals surface area contributed by atoms with Crippen molar-refractivity contribution >= 4 is 11.2 Å². The van der Waals surface area contributed by atoms with Crippen LogP contribution in [0.2, 0.25) is 0 Å². The molecule has 1 aliphatic carbocycles. The number of allylic oxidation sites excluding steroid dienone is 1. The lowest BCUT2D eigenvalue weighted by Gasteiger charge is -2.18. The predicted octanol–water partition coefficient (Wildman–Crippen LogP) is 3.45. The second kappa shape index (κ2) is 11.6. The van der Waals surface area contributed by atoms with Crippen molar-refractivity contribution in [1.29, 1.82) is 0 Å². The van der Waals surface area contributed by atoms with Gasteiger partial charge in [-0.25, -0.2) is 9.78 Å². The summed E-state index contributed by atoms with van der Waals surface area (Å²) in [6.45, 7) is 5.99. The minimum absolute atomic E-state index is 0.0993. The van der Waals surface area contributed by atoms with Crippen molar-refractivity contribution in [3.63, 3.8) is 0 Å². The van der Waals surface area contributed by atoms with Crippen LogP contribution in [0.1, 0.15) is 57.1 Å². The molecule has 36 heavy (non-hydrogen) atoms. The van der Waals surface area contributed by atoms with E-state index in [9.17, 15) is 14.7 Å². The van der Waals surface area contributed by atoms with E-state index in [0.717, 1.165) is 48.7 Å². The van der Waals surface area contributed by atoms with Gasteiger partial charge >= 0.3 is 5.69 Å². The minimum atomic E-state index is -1.08. The number of aliphatic hydroxyl groups excluding tert-OH is 1. The number of nitrogens with zero attached hydrogens (tertiary/aromatic N) is 4. The lowest BCUT2D eigenvalue weighted by molar-refractivity contribution is 0.0887. The van der Waals surface area contributed by atoms with E-state index in [1.54, 1.807) is 30.1 Å². The summed E-state index contributed by atoms with van der Waals surface area (Å²) in [7, 11) is 1.55. The van der Waals surface area contributed by atoms with Crippen LogP contribution in [0.5, 0.6) is 11.5 Å². The molecule has 1 aliphatic rings. The van der Waals surface area contributed by atoms with E-state index in [-0.39, 0.29) is 19.2 Å². The smallest absolute Gasteiger partial charge is 0.332 e. The number of benzene rings is 1. The van der Waals surface area contributed by atoms with Crippen LogP contribution < -0.4 is 20.7 Å². The number of aromatic nitrogens is 4. The largest absolute Gasteiger partial charge is 0.493 e. The molecule has 0 aliphatic heterocycles. The highest BCUT2D eigenvalue weighted by Crippen LogP contribution is 2.31. The molecule has 1 fully saturated rings. The summed E-state index contributed by atoms with van der Waals surface area (Å²) < 4.78 is 15.9. The van der Waals surface area contributed by atoms with Crippen molar-refractivity contribution in [2.24, 2.45) is 0 Å². The van der Waals surface area contributed by atoms with Crippen LogP contribution in [0.4, 0.5) is 0 Å². The molecule has 1 atom stereocenters. The first kappa shape index (κ1) is 25.8. The Morgan fingerprint density at radius 3 is 2.69 bits per heavy atom. The molecule has 4 rings (SSSR count). The number of aryl methyl sites for hydroxylation is 1. The highest BCUT2D eigenvalue weighted by atomic mass is 16.5. The summed E-state index contributed by atoms with van der Waals surface area (Å²) >= 11 is 0. The molecular formula is C27H36N4O5. The molecule has 1 unspecified atom stereocenters. The molecule has 194 valence electrons. The van der Waals surface area contributed by atoms with Crippen LogP contribution in [0.25, 0.3) is 11.2 Å². The van der Waals surface area contributed by atoms with Crippen molar-refractivity contribution in [1.82, 2.24) is 18.7 Å². The van der Waals surface area contributed by atoms with Crippen LogP contribution in [0.15, 0.2) is 46.8 Å². The molecule has 0 saturated heterocycles. The van der Waals surface area contributed by atoms with Gasteiger partial charge in [0, 0.05) is 12.6 Å². The molecule has 1 N–H and O–H groups in total. The molecule has 0 radical (unpaired) electrons. The van der Waals surface area contributed by atoms with Crippen LogP contribution in [0.3, 0.4) is 0 Å². The lowest BCUT2D eigenvalue weighted by Crippen LogP contribution is -2.44. The summed E-state index contributed by atoms with van der Waals surface area (Å²) in [5.41, 5.74) is 1.02. The molecular weight excluding hydrogens is 460 g/mol. The van der Waals surface area contributed by atoms with Gasteiger partial charge in [0.25, 0.3) is 5.56 Å². The zero-order chi connectivity index (χ0) is 25.7. The lowest BCUT2D eigenvalue weighted by atomic mass is 10.1. The van der Waals surface area contributed by atoms with Crippen LogP contribution in [-0.2, 0) is 19.5 Å². The van der Waals surface area contributed by atoms with E-state index in [1.807, 2.05) is 16.7 Å². The van der Waals surface area contributed by atoms with E-state index < -0.39 is 17.4 Å². The number of hydrogen-bond acceptors (Lipinski definition) is 6. The van der Waals surface area contributed by atoms with Gasteiger partial charge in [-0.2, -0.15) is 0 Å². The van der Waals surface area contributed by atoms with Gasteiger partial charge in [0.1, 0.15) is 12.7 Å². The standard InChI is InChI=1S/C27H36N4O5/c1-4-6-14-29-25-24(31(18-28-25)20-10-7-8-11-20)26(33)30(27(29)34)16-21(32)17-36-22-13-12-19(9-5-2)15-23(22)35-3/h5,12-13,15,18,20-21,32H,2,4,6-11,14,16-17H2,1,3H3. The van der Waals surface area contributed by atoms with Gasteiger partial charge in [-0.15, -0.1) is 6.58 Å². The highest BCUT2D eigenvalue weighted by molar-refractivity contribution is 5.70. The molecule has 2 heterocycles. The average molecular weight is 497 g/mol. The van der Waals surface area contributed by atoms with Gasteiger partial charge in [-0.3, -0.25) is 13.9 Å². The van der Waals surface area contributed by atoms with Crippen molar-refractivity contribution in [2.75, 3.05) is 13.7 Å². The zero-order valence-corrected chi connectivity index (χ0v) is 21.2. The summed E-state index contributed by atoms with van der Waals surface area (Å²) in [5.74, 6) is 1.02. The number of imidazole rings is 1. The monoisotopic (exact) mass is 496 g/mol. The van der Waals surface area contributed by atoms with E-state index in [0.29, 0.717) is 35.6 Å². The van der Waals surface area contributed by atoms with Crippen molar-refractivity contribution < 1.29 is 14.6 Å². The quantitative estimate of drug-likeness (QED) is 0.386. The average Bonchev–Trinajstić information content (AvgIpc) is 3.56. The van der Waals surface area contributed by atoms with Gasteiger partial charge in [-0.1, -0.05) is 38.3 Å². The fourth-order valence-electron chi connectivity index (χ4n) is 4.92. The Kier molecular flexibility index (Phi) is 8.30. The maximum Gasteiger partial charge on any atom is 0.332 e. The van der Waals surface area contributed by atoms with Crippen molar-refractivity contribution in [3.05, 3.63) is 63.6 Å². The fraction of sp³-hybridized carbons (Fsp3) is 0.519. The SMILES string of the molecule is C=CCc1ccc(OCC(O)Cn2c(=O)c3c(ncn3C3CCCC3)n(CCCC)c2=O)c(OC)c1. The van der Waals surface area contributed by atoms with Gasteiger partial charge in [-0.05, 0) is 43.4 Å². The normalized spacial score (nSPS) is 14.9.